The predicted octanol–water partition coefficient (Wildman–Crippen LogP) is 1.92. The van der Waals surface area contributed by atoms with Crippen LogP contribution in [-0.4, -0.2) is 15.3 Å². The summed E-state index contributed by atoms with van der Waals surface area (Å²) in [6, 6.07) is 3.97. The molecule has 4 nitrogen and oxygen atoms in total. The zero-order chi connectivity index (χ0) is 9.97. The fraction of sp³-hybridized carbons (Fsp3) is 0. The molecule has 0 aliphatic heterocycles. The van der Waals surface area contributed by atoms with Crippen molar-refractivity contribution < 1.29 is 0 Å². The second-order valence-corrected chi connectivity index (χ2v) is 4.74. The Hall–Kier alpha value is -1.05. The molecule has 7 heteroatoms. The molecule has 0 unspecified atom stereocenters. The van der Waals surface area contributed by atoms with Crippen molar-refractivity contribution in [2.24, 2.45) is 5.73 Å². The number of nitrogens with two attached hydrogens (primary N) is 1. The Balaban J connectivity index is 2.22. The summed E-state index contributed by atoms with van der Waals surface area (Å²) in [6.07, 6.45) is 0. The molecule has 72 valence electrons. The predicted molar refractivity (Wildman–Crippen MR) is 63.6 cm³/mol. The molecule has 2 rings (SSSR count). The largest absolute Gasteiger partial charge is 0.376 e. The number of thiocarbonyl (C=S) groups is 1. The Bertz CT molecular complexity index is 433. The van der Waals surface area contributed by atoms with E-state index >= 15 is 0 Å². The van der Waals surface area contributed by atoms with Gasteiger partial charge in [-0.25, -0.2) is 0 Å². The first kappa shape index (κ1) is 9.50. The summed E-state index contributed by atoms with van der Waals surface area (Å²) in [5, 5.41) is 14.4. The minimum absolute atomic E-state index is 0.207. The van der Waals surface area contributed by atoms with Crippen LogP contribution in [-0.2, 0) is 0 Å². The lowest BCUT2D eigenvalue weighted by Crippen LogP contribution is -2.18. The van der Waals surface area contributed by atoms with Crippen molar-refractivity contribution in [3.8, 4) is 9.88 Å². The third kappa shape index (κ3) is 2.06. The smallest absolute Gasteiger partial charge is 0.212 e. The summed E-state index contributed by atoms with van der Waals surface area (Å²) in [7, 11) is 0. The molecule has 0 amide bonds. The van der Waals surface area contributed by atoms with Crippen molar-refractivity contribution >= 4 is 45.1 Å². The molecule has 2 heterocycles. The van der Waals surface area contributed by atoms with Crippen molar-refractivity contribution in [1.29, 1.82) is 0 Å². The van der Waals surface area contributed by atoms with E-state index in [2.05, 4.69) is 15.5 Å². The third-order valence-electron chi connectivity index (χ3n) is 1.39. The van der Waals surface area contributed by atoms with Gasteiger partial charge in [-0.2, -0.15) is 0 Å². The third-order valence-corrected chi connectivity index (χ3v) is 3.37. The Morgan fingerprint density at radius 1 is 1.50 bits per heavy atom. The number of nitrogens with one attached hydrogen (secondary N) is 1. The van der Waals surface area contributed by atoms with E-state index in [4.69, 9.17) is 18.0 Å². The van der Waals surface area contributed by atoms with Gasteiger partial charge in [0.05, 0.1) is 4.88 Å². The van der Waals surface area contributed by atoms with Crippen LogP contribution in [0.3, 0.4) is 0 Å². The molecule has 0 spiro atoms. The molecule has 0 fully saturated rings. The minimum atomic E-state index is 0.207. The van der Waals surface area contributed by atoms with E-state index in [-0.39, 0.29) is 5.11 Å². The quantitative estimate of drug-likeness (QED) is 0.788. The van der Waals surface area contributed by atoms with Crippen LogP contribution < -0.4 is 11.1 Å². The highest BCUT2D eigenvalue weighted by atomic mass is 32.1. The van der Waals surface area contributed by atoms with E-state index in [1.807, 2.05) is 17.5 Å². The van der Waals surface area contributed by atoms with E-state index in [1.165, 1.54) is 11.3 Å². The Kier molecular flexibility index (Phi) is 2.71. The maximum atomic E-state index is 5.31. The first-order valence-electron chi connectivity index (χ1n) is 3.69. The number of hydrogen-bond donors (Lipinski definition) is 2. The average molecular weight is 242 g/mol. The van der Waals surface area contributed by atoms with Gasteiger partial charge in [0.2, 0.25) is 5.13 Å². The van der Waals surface area contributed by atoms with Gasteiger partial charge < -0.3 is 11.1 Å². The highest BCUT2D eigenvalue weighted by Gasteiger charge is 2.06. The second-order valence-electron chi connectivity index (χ2n) is 2.38. The summed E-state index contributed by atoms with van der Waals surface area (Å²) in [6.45, 7) is 0. The highest BCUT2D eigenvalue weighted by Crippen LogP contribution is 2.29. The van der Waals surface area contributed by atoms with Crippen molar-refractivity contribution in [2.75, 3.05) is 5.32 Å². The van der Waals surface area contributed by atoms with Gasteiger partial charge >= 0.3 is 0 Å². The van der Waals surface area contributed by atoms with Crippen LogP contribution >= 0.6 is 34.9 Å². The Labute approximate surface area is 93.8 Å². The van der Waals surface area contributed by atoms with E-state index in [9.17, 15) is 0 Å². The molecule has 0 saturated carbocycles. The van der Waals surface area contributed by atoms with Gasteiger partial charge in [0, 0.05) is 0 Å². The minimum Gasteiger partial charge on any atom is -0.376 e. The van der Waals surface area contributed by atoms with Crippen molar-refractivity contribution in [1.82, 2.24) is 10.2 Å². The van der Waals surface area contributed by atoms with Crippen LogP contribution in [0, 0.1) is 0 Å². The molecule has 0 aromatic carbocycles. The lowest BCUT2D eigenvalue weighted by atomic mass is 10.5. The van der Waals surface area contributed by atoms with E-state index in [1.54, 1.807) is 11.3 Å². The average Bonchev–Trinajstić information content (AvgIpc) is 2.69. The van der Waals surface area contributed by atoms with Crippen molar-refractivity contribution in [2.45, 2.75) is 0 Å². The molecule has 2 aromatic rings. The maximum Gasteiger partial charge on any atom is 0.212 e. The van der Waals surface area contributed by atoms with Crippen LogP contribution in [0.15, 0.2) is 17.5 Å². The van der Waals surface area contributed by atoms with Crippen LogP contribution in [0.2, 0.25) is 0 Å². The molecule has 0 aliphatic rings. The molecule has 0 bridgehead atoms. The fourth-order valence-electron chi connectivity index (χ4n) is 0.879. The van der Waals surface area contributed by atoms with Crippen LogP contribution in [0.4, 0.5) is 5.13 Å². The van der Waals surface area contributed by atoms with Gasteiger partial charge in [-0.05, 0) is 23.7 Å². The van der Waals surface area contributed by atoms with Crippen molar-refractivity contribution in [3.63, 3.8) is 0 Å². The lowest BCUT2D eigenvalue weighted by Gasteiger charge is -1.93. The standard InChI is InChI=1S/C7H6N4S3/c8-6(12)9-7-11-10-5(14-7)4-2-1-3-13-4/h1-3H,(H3,8,9,11,12). The van der Waals surface area contributed by atoms with Gasteiger partial charge in [0.15, 0.2) is 10.1 Å². The molecule has 3 N–H and O–H groups in total. The number of thiophene rings is 1. The van der Waals surface area contributed by atoms with Gasteiger partial charge in [0.25, 0.3) is 0 Å². The number of rotatable bonds is 2. The molecule has 0 atom stereocenters. The fourth-order valence-corrected chi connectivity index (χ4v) is 2.59. The first-order valence-corrected chi connectivity index (χ1v) is 5.80. The van der Waals surface area contributed by atoms with Gasteiger partial charge in [0.1, 0.15) is 0 Å². The molecule has 14 heavy (non-hydrogen) atoms. The van der Waals surface area contributed by atoms with Gasteiger partial charge in [-0.1, -0.05) is 17.4 Å². The monoisotopic (exact) mass is 242 g/mol. The van der Waals surface area contributed by atoms with E-state index in [0.29, 0.717) is 5.13 Å². The van der Waals surface area contributed by atoms with Crippen LogP contribution in [0.25, 0.3) is 9.88 Å². The lowest BCUT2D eigenvalue weighted by molar-refractivity contribution is 1.10. The molecular formula is C7H6N4S3. The van der Waals surface area contributed by atoms with Gasteiger partial charge in [-0.15, -0.1) is 21.5 Å². The first-order chi connectivity index (χ1) is 6.75. The topological polar surface area (TPSA) is 63.8 Å². The molecule has 0 aliphatic carbocycles. The number of aromatic nitrogens is 2. The molecule has 0 radical (unpaired) electrons. The molecule has 2 aromatic heterocycles. The maximum absolute atomic E-state index is 5.31. The molecular weight excluding hydrogens is 236 g/mol. The summed E-state index contributed by atoms with van der Waals surface area (Å²) in [5.41, 5.74) is 5.31. The number of hydrogen-bond acceptors (Lipinski definition) is 5. The van der Waals surface area contributed by atoms with Gasteiger partial charge in [-0.3, -0.25) is 0 Å². The van der Waals surface area contributed by atoms with E-state index in [0.717, 1.165) is 9.88 Å². The Morgan fingerprint density at radius 2 is 2.36 bits per heavy atom. The number of anilines is 1. The molecule has 0 saturated heterocycles. The summed E-state index contributed by atoms with van der Waals surface area (Å²) >= 11 is 7.75. The zero-order valence-electron chi connectivity index (χ0n) is 6.93. The highest BCUT2D eigenvalue weighted by molar-refractivity contribution is 7.80. The van der Waals surface area contributed by atoms with Crippen LogP contribution in [0.1, 0.15) is 0 Å². The SMILES string of the molecule is NC(=S)Nc1nnc(-c2cccs2)s1. The number of nitrogens with zero attached hydrogens (tertiary/aromatic N) is 2. The van der Waals surface area contributed by atoms with E-state index < -0.39 is 0 Å². The second kappa shape index (κ2) is 3.99. The van der Waals surface area contributed by atoms with Crippen molar-refractivity contribution in [3.05, 3.63) is 17.5 Å². The summed E-state index contributed by atoms with van der Waals surface area (Å²) in [4.78, 5) is 1.10. The summed E-state index contributed by atoms with van der Waals surface area (Å²) in [5.74, 6) is 0. The summed E-state index contributed by atoms with van der Waals surface area (Å²) < 4.78 is 0. The van der Waals surface area contributed by atoms with Crippen LogP contribution in [0.5, 0.6) is 0 Å². The zero-order valence-corrected chi connectivity index (χ0v) is 9.38. The Morgan fingerprint density at radius 3 is 3.00 bits per heavy atom. The normalized spacial score (nSPS) is 10.0.